The Bertz CT molecular complexity index is 807. The van der Waals surface area contributed by atoms with Gasteiger partial charge in [-0.2, -0.15) is 5.10 Å². The Kier molecular flexibility index (Phi) is 6.47. The van der Waals surface area contributed by atoms with Crippen LogP contribution in [0.4, 0.5) is 0 Å². The summed E-state index contributed by atoms with van der Waals surface area (Å²) < 4.78 is 1.52. The second-order valence-electron chi connectivity index (χ2n) is 7.29. The highest BCUT2D eigenvalue weighted by molar-refractivity contribution is 5.98. The Hall–Kier alpha value is -2.95. The molecule has 0 aliphatic carbocycles. The molecule has 1 aromatic heterocycles. The lowest BCUT2D eigenvalue weighted by Crippen LogP contribution is -2.50. The second-order valence-corrected chi connectivity index (χ2v) is 7.29. The zero-order valence-corrected chi connectivity index (χ0v) is 16.4. The van der Waals surface area contributed by atoms with E-state index in [1.807, 2.05) is 0 Å². The summed E-state index contributed by atoms with van der Waals surface area (Å²) in [4.78, 5) is 51.4. The third-order valence-corrected chi connectivity index (χ3v) is 5.13. The lowest BCUT2D eigenvalue weighted by molar-refractivity contribution is -0.140. The topological polar surface area (TPSA) is 137 Å². The molecule has 1 atom stereocenters. The summed E-state index contributed by atoms with van der Waals surface area (Å²) in [5.41, 5.74) is 0.413. The maximum absolute atomic E-state index is 12.9. The summed E-state index contributed by atoms with van der Waals surface area (Å²) in [6.45, 7) is 5.12. The first kappa shape index (κ1) is 20.8. The second kappa shape index (κ2) is 9.03. The molecule has 3 heterocycles. The molecule has 0 unspecified atom stereocenters. The molecule has 0 spiro atoms. The molecule has 29 heavy (non-hydrogen) atoms. The van der Waals surface area contributed by atoms with E-state index < -0.39 is 17.8 Å². The molecule has 0 radical (unpaired) electrons. The molecule has 2 aliphatic rings. The Morgan fingerprint density at radius 2 is 2.00 bits per heavy atom. The smallest absolute Gasteiger partial charge is 0.308 e. The predicted octanol–water partition coefficient (Wildman–Crippen LogP) is -1.39. The van der Waals surface area contributed by atoms with Gasteiger partial charge in [-0.05, 0) is 6.42 Å². The van der Waals surface area contributed by atoms with Gasteiger partial charge in [-0.1, -0.05) is 6.92 Å². The molecular weight excluding hydrogens is 380 g/mol. The number of aromatic nitrogens is 2. The molecule has 3 amide bonds. The van der Waals surface area contributed by atoms with Crippen LogP contribution in [0.25, 0.3) is 0 Å². The fourth-order valence-corrected chi connectivity index (χ4v) is 3.31. The highest BCUT2D eigenvalue weighted by Gasteiger charge is 2.27. The van der Waals surface area contributed by atoms with E-state index in [0.717, 1.165) is 6.54 Å². The number of hydrogen-bond donors (Lipinski definition) is 3. The molecule has 0 aromatic carbocycles. The first-order valence-corrected chi connectivity index (χ1v) is 9.73. The highest BCUT2D eigenvalue weighted by Crippen LogP contribution is 2.14. The minimum Gasteiger partial charge on any atom is -0.481 e. The third kappa shape index (κ3) is 4.91. The van der Waals surface area contributed by atoms with E-state index in [1.54, 1.807) is 9.80 Å². The molecule has 2 aliphatic heterocycles. The summed E-state index contributed by atoms with van der Waals surface area (Å²) in [5, 5.41) is 18.7. The molecule has 3 rings (SSSR count). The molecular formula is C18H26N6O5. The van der Waals surface area contributed by atoms with Crippen LogP contribution in [0.3, 0.4) is 0 Å². The molecule has 0 bridgehead atoms. The van der Waals surface area contributed by atoms with E-state index in [-0.39, 0.29) is 24.1 Å². The first-order chi connectivity index (χ1) is 13.9. The lowest BCUT2D eigenvalue weighted by Gasteiger charge is -2.30. The summed E-state index contributed by atoms with van der Waals surface area (Å²) in [6, 6.07) is 1.44. The van der Waals surface area contributed by atoms with Crippen LogP contribution in [0, 0.1) is 5.92 Å². The van der Waals surface area contributed by atoms with Crippen molar-refractivity contribution in [3.05, 3.63) is 17.5 Å². The van der Waals surface area contributed by atoms with Gasteiger partial charge in [-0.25, -0.2) is 0 Å². The van der Waals surface area contributed by atoms with Gasteiger partial charge in [0.1, 0.15) is 5.69 Å². The van der Waals surface area contributed by atoms with Crippen LogP contribution >= 0.6 is 0 Å². The monoisotopic (exact) mass is 406 g/mol. The number of aliphatic carboxylic acids is 1. The molecule has 11 heteroatoms. The standard InChI is InChI=1S/C18H26N6O5/c1-12(18(28)29)10-20-16(26)13-9-14-17(27)23(4-2-5-24(14)21-13)8-7-22-6-3-19-11-15(22)25/h9,12,19H,2-8,10-11H2,1H3,(H,20,26)(H,28,29)/t12-/m0/s1. The molecule has 158 valence electrons. The van der Waals surface area contributed by atoms with Gasteiger partial charge in [-0.3, -0.25) is 23.9 Å². The number of fused-ring (bicyclic) bond motifs is 1. The van der Waals surface area contributed by atoms with Gasteiger partial charge < -0.3 is 25.5 Å². The highest BCUT2D eigenvalue weighted by atomic mass is 16.4. The van der Waals surface area contributed by atoms with Gasteiger partial charge >= 0.3 is 5.97 Å². The van der Waals surface area contributed by atoms with Crippen LogP contribution in [0.2, 0.25) is 0 Å². The third-order valence-electron chi connectivity index (χ3n) is 5.13. The number of nitrogens with one attached hydrogen (secondary N) is 2. The van der Waals surface area contributed by atoms with E-state index in [4.69, 9.17) is 5.11 Å². The van der Waals surface area contributed by atoms with Crippen LogP contribution < -0.4 is 10.6 Å². The van der Waals surface area contributed by atoms with Gasteiger partial charge in [0.15, 0.2) is 5.69 Å². The van der Waals surface area contributed by atoms with Crippen molar-refractivity contribution in [3.63, 3.8) is 0 Å². The Labute approximate surface area is 168 Å². The average Bonchev–Trinajstić information content (AvgIpc) is 3.07. The number of carboxylic acid groups (broad SMARTS) is 1. The summed E-state index contributed by atoms with van der Waals surface area (Å²) in [6.07, 6.45) is 0.688. The number of carbonyl (C=O) groups excluding carboxylic acids is 3. The number of amides is 3. The van der Waals surface area contributed by atoms with E-state index in [9.17, 15) is 19.2 Å². The van der Waals surface area contributed by atoms with Crippen LogP contribution in [0.1, 0.15) is 34.3 Å². The van der Waals surface area contributed by atoms with Gasteiger partial charge in [0.25, 0.3) is 11.8 Å². The van der Waals surface area contributed by atoms with E-state index in [2.05, 4.69) is 15.7 Å². The maximum atomic E-state index is 12.9. The number of aryl methyl sites for hydroxylation is 1. The molecule has 1 fully saturated rings. The Morgan fingerprint density at radius 1 is 1.24 bits per heavy atom. The summed E-state index contributed by atoms with van der Waals surface area (Å²) >= 11 is 0. The van der Waals surface area contributed by atoms with Crippen LogP contribution in [-0.2, 0) is 16.1 Å². The van der Waals surface area contributed by atoms with E-state index in [1.165, 1.54) is 17.7 Å². The van der Waals surface area contributed by atoms with E-state index in [0.29, 0.717) is 51.4 Å². The fourth-order valence-electron chi connectivity index (χ4n) is 3.31. The maximum Gasteiger partial charge on any atom is 0.308 e. The van der Waals surface area contributed by atoms with Crippen molar-refractivity contribution in [1.29, 1.82) is 0 Å². The van der Waals surface area contributed by atoms with Crippen LogP contribution in [0.5, 0.6) is 0 Å². The van der Waals surface area contributed by atoms with Crippen LogP contribution in [-0.4, -0.2) is 94.2 Å². The molecule has 1 aromatic rings. The number of carboxylic acids is 1. The van der Waals surface area contributed by atoms with Crippen molar-refractivity contribution in [2.75, 3.05) is 45.8 Å². The van der Waals surface area contributed by atoms with Crippen molar-refractivity contribution in [2.45, 2.75) is 19.9 Å². The number of nitrogens with zero attached hydrogens (tertiary/aromatic N) is 4. The average molecular weight is 406 g/mol. The number of carbonyl (C=O) groups is 4. The van der Waals surface area contributed by atoms with E-state index >= 15 is 0 Å². The summed E-state index contributed by atoms with van der Waals surface area (Å²) in [7, 11) is 0. The minimum absolute atomic E-state index is 0.0187. The largest absolute Gasteiger partial charge is 0.481 e. The van der Waals surface area contributed by atoms with Gasteiger partial charge in [-0.15, -0.1) is 0 Å². The number of piperazine rings is 1. The minimum atomic E-state index is -1.00. The van der Waals surface area contributed by atoms with Crippen molar-refractivity contribution >= 4 is 23.7 Å². The number of rotatable bonds is 7. The summed E-state index contributed by atoms with van der Waals surface area (Å²) in [5.74, 6) is -2.43. The van der Waals surface area contributed by atoms with Gasteiger partial charge in [0.05, 0.1) is 12.5 Å². The molecule has 1 saturated heterocycles. The normalized spacial score (nSPS) is 18.2. The van der Waals surface area contributed by atoms with Crippen molar-refractivity contribution < 1.29 is 24.3 Å². The van der Waals surface area contributed by atoms with Crippen molar-refractivity contribution in [3.8, 4) is 0 Å². The predicted molar refractivity (Wildman–Crippen MR) is 101 cm³/mol. The zero-order chi connectivity index (χ0) is 21.0. The quantitative estimate of drug-likeness (QED) is 0.507. The van der Waals surface area contributed by atoms with Crippen molar-refractivity contribution in [1.82, 2.24) is 30.2 Å². The molecule has 0 saturated carbocycles. The lowest BCUT2D eigenvalue weighted by atomic mass is 10.2. The van der Waals surface area contributed by atoms with Crippen LogP contribution in [0.15, 0.2) is 6.07 Å². The van der Waals surface area contributed by atoms with Gasteiger partial charge in [0, 0.05) is 51.9 Å². The van der Waals surface area contributed by atoms with Gasteiger partial charge in [0.2, 0.25) is 5.91 Å². The fraction of sp³-hybridized carbons (Fsp3) is 0.611. The molecule has 11 nitrogen and oxygen atoms in total. The first-order valence-electron chi connectivity index (χ1n) is 9.73. The SMILES string of the molecule is C[C@@H](CNC(=O)c1cc2n(n1)CCCN(CCN1CCNCC1=O)C2=O)C(=O)O. The van der Waals surface area contributed by atoms with Crippen molar-refractivity contribution in [2.24, 2.45) is 5.92 Å². The Morgan fingerprint density at radius 3 is 2.72 bits per heavy atom. The number of hydrogen-bond acceptors (Lipinski definition) is 6. The Balaban J connectivity index is 1.63. The molecule has 3 N–H and O–H groups in total. The zero-order valence-electron chi connectivity index (χ0n) is 16.4.